The molecule has 1 aliphatic rings. The molecule has 1 saturated heterocycles. The van der Waals surface area contributed by atoms with Crippen LogP contribution < -0.4 is 11.5 Å². The van der Waals surface area contributed by atoms with Gasteiger partial charge in [0.15, 0.2) is 0 Å². The van der Waals surface area contributed by atoms with Crippen molar-refractivity contribution in [1.29, 1.82) is 0 Å². The number of nitrogen functional groups attached to an aromatic ring is 1. The van der Waals surface area contributed by atoms with Gasteiger partial charge in [-0.1, -0.05) is 25.6 Å². The molecule has 6 N–H and O–H groups in total. The number of rotatable bonds is 3. The molecule has 2 heterocycles. The number of hydrogen-bond donors (Lipinski definition) is 4. The Morgan fingerprint density at radius 1 is 1.41 bits per heavy atom. The summed E-state index contributed by atoms with van der Waals surface area (Å²) in [4.78, 5) is 15.8. The summed E-state index contributed by atoms with van der Waals surface area (Å²) in [6.45, 7) is 9.34. The largest absolute Gasteiger partial charge is 0.507 e. The number of phenolic OH excluding ortho intramolecular Hbond substituents is 1. The Labute approximate surface area is 160 Å². The molecule has 6 nitrogen and oxygen atoms in total. The third-order valence-corrected chi connectivity index (χ3v) is 4.45. The molecule has 1 atom stereocenters. The fraction of sp³-hybridized carbons (Fsp3) is 0.286. The fourth-order valence-electron chi connectivity index (χ4n) is 2.98. The zero-order valence-electron chi connectivity index (χ0n) is 15.9. The van der Waals surface area contributed by atoms with Gasteiger partial charge in [-0.2, -0.15) is 0 Å². The topological polar surface area (TPSA) is 108 Å². The molecule has 0 aliphatic carbocycles. The first-order valence-corrected chi connectivity index (χ1v) is 8.93. The second-order valence-corrected chi connectivity index (χ2v) is 6.82. The van der Waals surface area contributed by atoms with Crippen molar-refractivity contribution in [2.45, 2.75) is 20.3 Å². The number of likely N-dealkylation sites (tertiary alicyclic amines) is 1. The molecule has 1 amide bonds. The van der Waals surface area contributed by atoms with Crippen LogP contribution in [0.4, 0.5) is 5.82 Å². The Hall–Kier alpha value is -3.15. The van der Waals surface area contributed by atoms with Gasteiger partial charge in [0, 0.05) is 35.6 Å². The lowest BCUT2D eigenvalue weighted by Crippen LogP contribution is -2.26. The number of carbonyl (C=O) groups is 1. The lowest BCUT2D eigenvalue weighted by Gasteiger charge is -2.11. The number of aromatic nitrogens is 1. The van der Waals surface area contributed by atoms with E-state index in [4.69, 9.17) is 11.5 Å². The third kappa shape index (κ3) is 5.41. The van der Waals surface area contributed by atoms with Crippen LogP contribution in [0.5, 0.6) is 5.75 Å². The molecular weight excluding hydrogens is 340 g/mol. The number of benzene rings is 1. The quantitative estimate of drug-likeness (QED) is 0.624. The number of H-pyrrole nitrogens is 1. The normalized spacial score (nSPS) is 16.6. The second-order valence-electron chi connectivity index (χ2n) is 6.82. The average Bonchev–Trinajstić information content (AvgIpc) is 3.20. The number of aryl methyl sites for hydroxylation is 1. The van der Waals surface area contributed by atoms with Crippen LogP contribution in [0, 0.1) is 12.8 Å². The molecule has 6 heteroatoms. The highest BCUT2D eigenvalue weighted by atomic mass is 16.3. The fourth-order valence-corrected chi connectivity index (χ4v) is 2.98. The summed E-state index contributed by atoms with van der Waals surface area (Å²) in [7, 11) is 0. The summed E-state index contributed by atoms with van der Waals surface area (Å²) in [5.74, 6) is 1.47. The van der Waals surface area contributed by atoms with Gasteiger partial charge in [0.05, 0.1) is 0 Å². The summed E-state index contributed by atoms with van der Waals surface area (Å²) in [6, 6.07) is 8.84. The molecule has 0 radical (unpaired) electrons. The van der Waals surface area contributed by atoms with Crippen molar-refractivity contribution in [3.8, 4) is 5.75 Å². The smallest absolute Gasteiger partial charge is 0.245 e. The van der Waals surface area contributed by atoms with E-state index in [9.17, 15) is 9.90 Å². The summed E-state index contributed by atoms with van der Waals surface area (Å²) >= 11 is 0. The summed E-state index contributed by atoms with van der Waals surface area (Å²) in [5.41, 5.74) is 14.6. The maximum absolute atomic E-state index is 11.0. The molecule has 144 valence electrons. The molecule has 0 saturated carbocycles. The van der Waals surface area contributed by atoms with Crippen LogP contribution in [-0.4, -0.2) is 34.0 Å². The number of aromatic amines is 1. The molecular formula is C21H28N4O2. The van der Waals surface area contributed by atoms with Gasteiger partial charge in [0.25, 0.3) is 0 Å². The Bertz CT molecular complexity index is 838. The number of aromatic hydroxyl groups is 1. The number of hydrogen-bond acceptors (Lipinski definition) is 4. The van der Waals surface area contributed by atoms with Gasteiger partial charge < -0.3 is 26.5 Å². The molecule has 0 spiro atoms. The molecule has 1 aromatic heterocycles. The van der Waals surface area contributed by atoms with Crippen molar-refractivity contribution in [1.82, 2.24) is 9.88 Å². The van der Waals surface area contributed by atoms with Gasteiger partial charge >= 0.3 is 0 Å². The van der Waals surface area contributed by atoms with Crippen molar-refractivity contribution in [3.05, 3.63) is 59.8 Å². The van der Waals surface area contributed by atoms with Crippen molar-refractivity contribution in [3.63, 3.8) is 0 Å². The van der Waals surface area contributed by atoms with E-state index in [0.717, 1.165) is 30.8 Å². The number of nitrogens with zero attached hydrogens (tertiary/aromatic N) is 1. The zero-order chi connectivity index (χ0) is 20.0. The molecule has 2 aromatic rings. The number of carbonyl (C=O) groups excluding carboxylic acids is 1. The van der Waals surface area contributed by atoms with Crippen molar-refractivity contribution >= 4 is 23.5 Å². The SMILES string of the molecule is C=CC(=O)N1CCC(C)C1.Cc1cc(/C=C(\N)c2ccccc2O)c(N)[nH]1. The van der Waals surface area contributed by atoms with Crippen LogP contribution in [0.2, 0.25) is 0 Å². The van der Waals surface area contributed by atoms with E-state index in [1.54, 1.807) is 24.3 Å². The first-order valence-electron chi connectivity index (χ1n) is 8.93. The van der Waals surface area contributed by atoms with Crippen molar-refractivity contribution < 1.29 is 9.90 Å². The highest BCUT2D eigenvalue weighted by molar-refractivity contribution is 5.87. The third-order valence-electron chi connectivity index (χ3n) is 4.45. The maximum atomic E-state index is 11.0. The van der Waals surface area contributed by atoms with Crippen LogP contribution in [-0.2, 0) is 4.79 Å². The molecule has 1 unspecified atom stereocenters. The lowest BCUT2D eigenvalue weighted by molar-refractivity contribution is -0.125. The van der Waals surface area contributed by atoms with Gasteiger partial charge in [0.1, 0.15) is 11.6 Å². The van der Waals surface area contributed by atoms with Gasteiger partial charge in [-0.15, -0.1) is 0 Å². The van der Waals surface area contributed by atoms with Crippen LogP contribution in [0.15, 0.2) is 43.0 Å². The van der Waals surface area contributed by atoms with E-state index in [1.807, 2.05) is 24.0 Å². The van der Waals surface area contributed by atoms with E-state index in [2.05, 4.69) is 18.5 Å². The summed E-state index contributed by atoms with van der Waals surface area (Å²) < 4.78 is 0. The minimum absolute atomic E-state index is 0.0735. The highest BCUT2D eigenvalue weighted by Crippen LogP contribution is 2.24. The predicted molar refractivity (Wildman–Crippen MR) is 111 cm³/mol. The summed E-state index contributed by atoms with van der Waals surface area (Å²) in [6.07, 6.45) is 4.27. The average molecular weight is 368 g/mol. The van der Waals surface area contributed by atoms with E-state index < -0.39 is 0 Å². The van der Waals surface area contributed by atoms with E-state index in [1.165, 1.54) is 6.08 Å². The van der Waals surface area contributed by atoms with E-state index in [-0.39, 0.29) is 11.7 Å². The molecule has 1 aliphatic heterocycles. The van der Waals surface area contributed by atoms with Crippen molar-refractivity contribution in [2.75, 3.05) is 18.8 Å². The van der Waals surface area contributed by atoms with Crippen molar-refractivity contribution in [2.24, 2.45) is 11.7 Å². The first kappa shape index (κ1) is 20.2. The number of anilines is 1. The van der Waals surface area contributed by atoms with Crippen LogP contribution in [0.3, 0.4) is 0 Å². The maximum Gasteiger partial charge on any atom is 0.245 e. The van der Waals surface area contributed by atoms with E-state index >= 15 is 0 Å². The first-order chi connectivity index (χ1) is 12.8. The monoisotopic (exact) mass is 368 g/mol. The lowest BCUT2D eigenvalue weighted by atomic mass is 10.1. The van der Waals surface area contributed by atoms with Crippen LogP contribution in [0.1, 0.15) is 30.2 Å². The standard InChI is InChI=1S/C13H15N3O.C8H13NO/c1-8-6-9(13(15)16-8)7-11(14)10-4-2-3-5-12(10)17;1-3-8(10)9-5-4-7(2)6-9/h2-7,16-17H,14-15H2,1H3;3,7H,1,4-6H2,2H3/b11-7-;. The van der Waals surface area contributed by atoms with Gasteiger partial charge in [-0.25, -0.2) is 0 Å². The Morgan fingerprint density at radius 3 is 2.63 bits per heavy atom. The molecule has 1 aromatic carbocycles. The van der Waals surface area contributed by atoms with Gasteiger partial charge in [-0.3, -0.25) is 4.79 Å². The zero-order valence-corrected chi connectivity index (χ0v) is 15.9. The van der Waals surface area contributed by atoms with Crippen LogP contribution in [0.25, 0.3) is 11.8 Å². The van der Waals surface area contributed by atoms with Crippen LogP contribution >= 0.6 is 0 Å². The predicted octanol–water partition coefficient (Wildman–Crippen LogP) is 3.11. The number of nitrogens with one attached hydrogen (secondary N) is 1. The number of nitrogens with two attached hydrogens (primary N) is 2. The number of amides is 1. The second kappa shape index (κ2) is 8.98. The van der Waals surface area contributed by atoms with Gasteiger partial charge in [0.2, 0.25) is 5.91 Å². The highest BCUT2D eigenvalue weighted by Gasteiger charge is 2.20. The minimum Gasteiger partial charge on any atom is -0.507 e. The molecule has 3 rings (SSSR count). The Morgan fingerprint density at radius 2 is 2.11 bits per heavy atom. The molecule has 1 fully saturated rings. The van der Waals surface area contributed by atoms with Gasteiger partial charge in [-0.05, 0) is 49.6 Å². The molecule has 27 heavy (non-hydrogen) atoms. The number of para-hydroxylation sites is 1. The molecule has 0 bridgehead atoms. The van der Waals surface area contributed by atoms with E-state index in [0.29, 0.717) is 23.0 Å². The number of phenols is 1. The Balaban J connectivity index is 0.000000223. The Kier molecular flexibility index (Phi) is 6.71. The minimum atomic E-state index is 0.0735. The summed E-state index contributed by atoms with van der Waals surface area (Å²) in [5, 5.41) is 9.67.